The Morgan fingerprint density at radius 1 is 1.10 bits per heavy atom. The van der Waals surface area contributed by atoms with Crippen molar-refractivity contribution in [2.45, 2.75) is 12.5 Å². The molecule has 4 heteroatoms. The van der Waals surface area contributed by atoms with E-state index in [1.54, 1.807) is 6.26 Å². The van der Waals surface area contributed by atoms with Gasteiger partial charge in [-0.05, 0) is 42.8 Å². The molecule has 0 spiro atoms. The maximum atomic E-state index is 5.70. The summed E-state index contributed by atoms with van der Waals surface area (Å²) in [4.78, 5) is 2.50. The molecule has 1 fully saturated rings. The van der Waals surface area contributed by atoms with Gasteiger partial charge in [0, 0.05) is 24.1 Å². The fourth-order valence-electron chi connectivity index (χ4n) is 2.77. The summed E-state index contributed by atoms with van der Waals surface area (Å²) >= 11 is 3.50. The van der Waals surface area contributed by atoms with Crippen molar-refractivity contribution in [1.29, 1.82) is 0 Å². The van der Waals surface area contributed by atoms with E-state index in [2.05, 4.69) is 56.5 Å². The van der Waals surface area contributed by atoms with Crippen LogP contribution in [-0.4, -0.2) is 31.1 Å². The first-order chi connectivity index (χ1) is 9.84. The molecule has 20 heavy (non-hydrogen) atoms. The average Bonchev–Trinajstić information content (AvgIpc) is 2.85. The fraction of sp³-hybridized carbons (Fsp3) is 0.375. The van der Waals surface area contributed by atoms with Gasteiger partial charge in [-0.15, -0.1) is 0 Å². The zero-order valence-corrected chi connectivity index (χ0v) is 13.0. The number of hydrogen-bond donors (Lipinski definition) is 1. The van der Waals surface area contributed by atoms with Crippen LogP contribution in [0.2, 0.25) is 0 Å². The summed E-state index contributed by atoms with van der Waals surface area (Å²) in [6.45, 7) is 4.27. The van der Waals surface area contributed by atoms with E-state index in [0.717, 1.165) is 36.4 Å². The normalized spacial score (nSPS) is 18.6. The third-order valence-corrected chi connectivity index (χ3v) is 4.27. The number of benzene rings is 1. The van der Waals surface area contributed by atoms with Gasteiger partial charge in [-0.3, -0.25) is 4.90 Å². The second-order valence-electron chi connectivity index (χ2n) is 5.11. The fourth-order valence-corrected chi connectivity index (χ4v) is 3.04. The van der Waals surface area contributed by atoms with Crippen molar-refractivity contribution in [2.24, 2.45) is 0 Å². The zero-order valence-electron chi connectivity index (χ0n) is 11.4. The van der Waals surface area contributed by atoms with Gasteiger partial charge in [0.05, 0.1) is 12.3 Å². The largest absolute Gasteiger partial charge is 0.467 e. The van der Waals surface area contributed by atoms with Gasteiger partial charge in [0.15, 0.2) is 0 Å². The van der Waals surface area contributed by atoms with Crippen molar-refractivity contribution >= 4 is 15.9 Å². The van der Waals surface area contributed by atoms with Crippen molar-refractivity contribution in [1.82, 2.24) is 10.2 Å². The van der Waals surface area contributed by atoms with Gasteiger partial charge in [-0.2, -0.15) is 0 Å². The summed E-state index contributed by atoms with van der Waals surface area (Å²) in [6, 6.07) is 12.8. The summed E-state index contributed by atoms with van der Waals surface area (Å²) < 4.78 is 6.81. The molecule has 1 saturated heterocycles. The molecule has 1 aliphatic heterocycles. The van der Waals surface area contributed by atoms with Crippen LogP contribution in [0.15, 0.2) is 51.6 Å². The maximum Gasteiger partial charge on any atom is 0.125 e. The smallest absolute Gasteiger partial charge is 0.125 e. The molecule has 1 unspecified atom stereocenters. The third-order valence-electron chi connectivity index (χ3n) is 3.74. The van der Waals surface area contributed by atoms with E-state index >= 15 is 0 Å². The topological polar surface area (TPSA) is 28.4 Å². The van der Waals surface area contributed by atoms with Gasteiger partial charge >= 0.3 is 0 Å². The molecule has 0 saturated carbocycles. The standard InChI is InChI=1S/C16H19BrN2O/c17-14-6-4-13(5-7-14)16(15-3-1-12-20-15)19-10-2-8-18-9-11-19/h1,3-7,12,16,18H,2,8-11H2. The first-order valence-electron chi connectivity index (χ1n) is 7.08. The zero-order chi connectivity index (χ0) is 13.8. The summed E-state index contributed by atoms with van der Waals surface area (Å²) in [5, 5.41) is 3.46. The van der Waals surface area contributed by atoms with E-state index in [9.17, 15) is 0 Å². The summed E-state index contributed by atoms with van der Waals surface area (Å²) in [6.07, 6.45) is 2.94. The Morgan fingerprint density at radius 2 is 1.95 bits per heavy atom. The quantitative estimate of drug-likeness (QED) is 0.932. The van der Waals surface area contributed by atoms with Crippen LogP contribution in [-0.2, 0) is 0 Å². The Kier molecular flexibility index (Phi) is 4.55. The van der Waals surface area contributed by atoms with Crippen molar-refractivity contribution in [3.63, 3.8) is 0 Å². The molecule has 1 atom stereocenters. The highest BCUT2D eigenvalue weighted by molar-refractivity contribution is 9.10. The Morgan fingerprint density at radius 3 is 2.70 bits per heavy atom. The molecule has 0 radical (unpaired) electrons. The molecule has 1 aromatic heterocycles. The third kappa shape index (κ3) is 3.14. The van der Waals surface area contributed by atoms with Gasteiger partial charge in [-0.25, -0.2) is 0 Å². The van der Waals surface area contributed by atoms with Crippen LogP contribution >= 0.6 is 15.9 Å². The highest BCUT2D eigenvalue weighted by Gasteiger charge is 2.25. The molecular weight excluding hydrogens is 316 g/mol. The highest BCUT2D eigenvalue weighted by atomic mass is 79.9. The van der Waals surface area contributed by atoms with Crippen molar-refractivity contribution in [2.75, 3.05) is 26.2 Å². The van der Waals surface area contributed by atoms with E-state index in [-0.39, 0.29) is 6.04 Å². The number of hydrogen-bond acceptors (Lipinski definition) is 3. The monoisotopic (exact) mass is 334 g/mol. The number of nitrogens with one attached hydrogen (secondary N) is 1. The van der Waals surface area contributed by atoms with Crippen LogP contribution in [0.1, 0.15) is 23.8 Å². The highest BCUT2D eigenvalue weighted by Crippen LogP contribution is 2.30. The van der Waals surface area contributed by atoms with Crippen molar-refractivity contribution in [3.05, 3.63) is 58.5 Å². The van der Waals surface area contributed by atoms with Crippen molar-refractivity contribution < 1.29 is 4.42 Å². The van der Waals surface area contributed by atoms with E-state index < -0.39 is 0 Å². The van der Waals surface area contributed by atoms with E-state index in [0.29, 0.717) is 0 Å². The average molecular weight is 335 g/mol. The molecule has 106 valence electrons. The minimum absolute atomic E-state index is 0.206. The van der Waals surface area contributed by atoms with Gasteiger partial charge < -0.3 is 9.73 Å². The Hall–Kier alpha value is -1.10. The minimum atomic E-state index is 0.206. The van der Waals surface area contributed by atoms with Gasteiger partial charge in [0.2, 0.25) is 0 Å². The molecule has 2 aromatic rings. The number of rotatable bonds is 3. The summed E-state index contributed by atoms with van der Waals surface area (Å²) in [5.74, 6) is 1.02. The molecule has 1 aliphatic rings. The molecule has 0 bridgehead atoms. The predicted molar refractivity (Wildman–Crippen MR) is 83.8 cm³/mol. The lowest BCUT2D eigenvalue weighted by Crippen LogP contribution is -2.32. The molecule has 1 aromatic carbocycles. The van der Waals surface area contributed by atoms with Crippen molar-refractivity contribution in [3.8, 4) is 0 Å². The van der Waals surface area contributed by atoms with E-state index in [1.165, 1.54) is 12.0 Å². The first-order valence-corrected chi connectivity index (χ1v) is 7.87. The van der Waals surface area contributed by atoms with Crippen LogP contribution < -0.4 is 5.32 Å². The second kappa shape index (κ2) is 6.57. The number of furan rings is 1. The summed E-state index contributed by atoms with van der Waals surface area (Å²) in [5.41, 5.74) is 1.28. The first kappa shape index (κ1) is 13.9. The molecule has 3 rings (SSSR count). The molecule has 0 aliphatic carbocycles. The van der Waals surface area contributed by atoms with Crippen LogP contribution in [0.5, 0.6) is 0 Å². The lowest BCUT2D eigenvalue weighted by Gasteiger charge is -2.29. The van der Waals surface area contributed by atoms with E-state index in [4.69, 9.17) is 4.42 Å². The molecular formula is C16H19BrN2O. The van der Waals surface area contributed by atoms with E-state index in [1.807, 2.05) is 6.07 Å². The Bertz CT molecular complexity index is 516. The van der Waals surface area contributed by atoms with Gasteiger partial charge in [0.25, 0.3) is 0 Å². The van der Waals surface area contributed by atoms with Crippen LogP contribution in [0.25, 0.3) is 0 Å². The molecule has 0 amide bonds. The summed E-state index contributed by atoms with van der Waals surface area (Å²) in [7, 11) is 0. The number of nitrogens with zero attached hydrogens (tertiary/aromatic N) is 1. The van der Waals surface area contributed by atoms with Crippen LogP contribution in [0, 0.1) is 0 Å². The van der Waals surface area contributed by atoms with Crippen LogP contribution in [0.3, 0.4) is 0 Å². The minimum Gasteiger partial charge on any atom is -0.467 e. The predicted octanol–water partition coefficient (Wildman–Crippen LogP) is 3.43. The maximum absolute atomic E-state index is 5.70. The van der Waals surface area contributed by atoms with Crippen LogP contribution in [0.4, 0.5) is 0 Å². The molecule has 3 nitrogen and oxygen atoms in total. The van der Waals surface area contributed by atoms with Gasteiger partial charge in [-0.1, -0.05) is 28.1 Å². The number of halogens is 1. The Balaban J connectivity index is 1.93. The lowest BCUT2D eigenvalue weighted by molar-refractivity contribution is 0.216. The van der Waals surface area contributed by atoms with Gasteiger partial charge in [0.1, 0.15) is 5.76 Å². The molecule has 2 heterocycles. The molecule has 1 N–H and O–H groups in total. The SMILES string of the molecule is Brc1ccc(C(c2ccco2)N2CCCNCC2)cc1. The lowest BCUT2D eigenvalue weighted by atomic mass is 10.0. The Labute approximate surface area is 128 Å². The second-order valence-corrected chi connectivity index (χ2v) is 6.02.